The molecule has 1 aliphatic rings. The van der Waals surface area contributed by atoms with Crippen molar-refractivity contribution >= 4 is 5.91 Å². The number of hydrogen-bond donors (Lipinski definition) is 1. The average Bonchev–Trinajstić information content (AvgIpc) is 2.53. The lowest BCUT2D eigenvalue weighted by molar-refractivity contribution is -0.121. The van der Waals surface area contributed by atoms with Crippen LogP contribution in [-0.4, -0.2) is 54.7 Å². The van der Waals surface area contributed by atoms with Crippen LogP contribution in [0.4, 0.5) is 0 Å². The lowest BCUT2D eigenvalue weighted by Gasteiger charge is -2.32. The summed E-state index contributed by atoms with van der Waals surface area (Å²) in [5, 5.41) is 2.99. The summed E-state index contributed by atoms with van der Waals surface area (Å²) in [6, 6.07) is 6.42. The van der Waals surface area contributed by atoms with Crippen molar-refractivity contribution in [1.82, 2.24) is 15.2 Å². The number of nitrogens with zero attached hydrogens (tertiary/aromatic N) is 2. The molecule has 1 atom stereocenters. The fourth-order valence-corrected chi connectivity index (χ4v) is 2.70. The number of carbonyl (C=O) groups is 1. The molecule has 122 valence electrons. The minimum absolute atomic E-state index is 0.132. The Balaban J connectivity index is 1.61. The molecule has 0 aliphatic carbocycles. The first kappa shape index (κ1) is 16.9. The number of hydrogen-bond acceptors (Lipinski definition) is 4. The molecule has 5 nitrogen and oxygen atoms in total. The summed E-state index contributed by atoms with van der Waals surface area (Å²) < 4.78 is 5.35. The van der Waals surface area contributed by atoms with Gasteiger partial charge in [-0.1, -0.05) is 6.07 Å². The van der Waals surface area contributed by atoms with E-state index in [4.69, 9.17) is 4.74 Å². The van der Waals surface area contributed by atoms with Crippen LogP contribution in [0.2, 0.25) is 0 Å². The van der Waals surface area contributed by atoms with Gasteiger partial charge in [-0.2, -0.15) is 0 Å². The molecule has 0 bridgehead atoms. The monoisotopic (exact) mass is 305 g/mol. The van der Waals surface area contributed by atoms with E-state index >= 15 is 0 Å². The topological polar surface area (TPSA) is 54.5 Å². The maximum Gasteiger partial charge on any atom is 0.220 e. The van der Waals surface area contributed by atoms with E-state index < -0.39 is 0 Å². The second-order valence-corrected chi connectivity index (χ2v) is 5.91. The van der Waals surface area contributed by atoms with Crippen LogP contribution in [0.3, 0.4) is 0 Å². The van der Waals surface area contributed by atoms with Crippen molar-refractivity contribution in [2.45, 2.75) is 39.2 Å². The number of morpholine rings is 1. The van der Waals surface area contributed by atoms with Crippen molar-refractivity contribution in [3.63, 3.8) is 0 Å². The summed E-state index contributed by atoms with van der Waals surface area (Å²) in [6.07, 6.45) is 2.26. The molecule has 1 aliphatic heterocycles. The highest BCUT2D eigenvalue weighted by atomic mass is 16.5. The molecule has 1 saturated heterocycles. The van der Waals surface area contributed by atoms with Gasteiger partial charge in [0.05, 0.1) is 13.2 Å². The Morgan fingerprint density at radius 1 is 1.41 bits per heavy atom. The zero-order valence-corrected chi connectivity index (χ0v) is 13.7. The molecule has 1 N–H and O–H groups in total. The van der Waals surface area contributed by atoms with Gasteiger partial charge in [0.1, 0.15) is 0 Å². The van der Waals surface area contributed by atoms with E-state index in [2.05, 4.69) is 22.1 Å². The van der Waals surface area contributed by atoms with Crippen molar-refractivity contribution in [3.05, 3.63) is 29.6 Å². The van der Waals surface area contributed by atoms with E-state index in [-0.39, 0.29) is 5.91 Å². The Morgan fingerprint density at radius 2 is 2.18 bits per heavy atom. The summed E-state index contributed by atoms with van der Waals surface area (Å²) in [4.78, 5) is 18.7. The normalized spacial score (nSPS) is 17.2. The highest BCUT2D eigenvalue weighted by Gasteiger charge is 2.17. The Morgan fingerprint density at radius 3 is 2.91 bits per heavy atom. The predicted molar refractivity (Wildman–Crippen MR) is 86.8 cm³/mol. The van der Waals surface area contributed by atoms with Gasteiger partial charge >= 0.3 is 0 Å². The Labute approximate surface area is 133 Å². The molecule has 22 heavy (non-hydrogen) atoms. The molecule has 0 spiro atoms. The van der Waals surface area contributed by atoms with Crippen LogP contribution in [-0.2, 0) is 16.0 Å². The van der Waals surface area contributed by atoms with E-state index in [1.807, 2.05) is 25.1 Å². The van der Waals surface area contributed by atoms with Gasteiger partial charge in [0.25, 0.3) is 0 Å². The number of nitrogens with one attached hydrogen (secondary N) is 1. The van der Waals surface area contributed by atoms with Crippen LogP contribution in [0, 0.1) is 6.92 Å². The van der Waals surface area contributed by atoms with E-state index in [0.29, 0.717) is 19.0 Å². The first-order chi connectivity index (χ1) is 10.6. The smallest absolute Gasteiger partial charge is 0.220 e. The molecule has 2 rings (SSSR count). The minimum Gasteiger partial charge on any atom is -0.379 e. The SMILES string of the molecule is Cc1cccc(CCNC(=O)CCC(C)N2CCOCC2)n1. The zero-order chi connectivity index (χ0) is 15.8. The summed E-state index contributed by atoms with van der Waals surface area (Å²) in [5.41, 5.74) is 2.05. The quantitative estimate of drug-likeness (QED) is 0.830. The molecule has 1 unspecified atom stereocenters. The molecule has 5 heteroatoms. The lowest BCUT2D eigenvalue weighted by Crippen LogP contribution is -2.42. The fourth-order valence-electron chi connectivity index (χ4n) is 2.70. The third-order valence-corrected chi connectivity index (χ3v) is 4.11. The highest BCUT2D eigenvalue weighted by molar-refractivity contribution is 5.75. The Kier molecular flexibility index (Phi) is 6.80. The Bertz CT molecular complexity index is 473. The van der Waals surface area contributed by atoms with Gasteiger partial charge in [-0.25, -0.2) is 0 Å². The fraction of sp³-hybridized carbons (Fsp3) is 0.647. The standard InChI is InChI=1S/C17H27N3O2/c1-14-4-3-5-16(19-14)8-9-18-17(21)7-6-15(2)20-10-12-22-13-11-20/h3-5,15H,6-13H2,1-2H3,(H,18,21). The summed E-state index contributed by atoms with van der Waals surface area (Å²) in [5.74, 6) is 0.132. The number of pyridine rings is 1. The van der Waals surface area contributed by atoms with Crippen LogP contribution < -0.4 is 5.32 Å². The molecular weight excluding hydrogens is 278 g/mol. The van der Waals surface area contributed by atoms with Gasteiger partial charge in [0.15, 0.2) is 0 Å². The van der Waals surface area contributed by atoms with Crippen LogP contribution in [0.5, 0.6) is 0 Å². The summed E-state index contributed by atoms with van der Waals surface area (Å²) >= 11 is 0. The van der Waals surface area contributed by atoms with Crippen LogP contribution in [0.25, 0.3) is 0 Å². The number of ether oxygens (including phenoxy) is 1. The largest absolute Gasteiger partial charge is 0.379 e. The average molecular weight is 305 g/mol. The van der Waals surface area contributed by atoms with Gasteiger partial charge in [-0.15, -0.1) is 0 Å². The number of rotatable bonds is 7. The van der Waals surface area contributed by atoms with Crippen molar-refractivity contribution < 1.29 is 9.53 Å². The molecule has 1 amide bonds. The van der Waals surface area contributed by atoms with Gasteiger partial charge in [-0.05, 0) is 32.4 Å². The second kappa shape index (κ2) is 8.86. The maximum absolute atomic E-state index is 11.9. The van der Waals surface area contributed by atoms with Crippen LogP contribution in [0.1, 0.15) is 31.2 Å². The number of aryl methyl sites for hydroxylation is 1. The molecule has 1 aromatic rings. The molecule has 0 aromatic carbocycles. The minimum atomic E-state index is 0.132. The van der Waals surface area contributed by atoms with Gasteiger partial charge in [0.2, 0.25) is 5.91 Å². The highest BCUT2D eigenvalue weighted by Crippen LogP contribution is 2.09. The van der Waals surface area contributed by atoms with E-state index in [0.717, 1.165) is 50.5 Å². The van der Waals surface area contributed by atoms with Crippen molar-refractivity contribution in [2.75, 3.05) is 32.8 Å². The van der Waals surface area contributed by atoms with E-state index in [1.54, 1.807) is 0 Å². The van der Waals surface area contributed by atoms with Gasteiger partial charge in [0, 0.05) is 49.9 Å². The molecule has 1 fully saturated rings. The number of aromatic nitrogens is 1. The molecule has 0 radical (unpaired) electrons. The Hall–Kier alpha value is -1.46. The van der Waals surface area contributed by atoms with E-state index in [9.17, 15) is 4.79 Å². The van der Waals surface area contributed by atoms with E-state index in [1.165, 1.54) is 0 Å². The van der Waals surface area contributed by atoms with Crippen molar-refractivity contribution in [1.29, 1.82) is 0 Å². The molecule has 1 aromatic heterocycles. The molecule has 0 saturated carbocycles. The second-order valence-electron chi connectivity index (χ2n) is 5.91. The zero-order valence-electron chi connectivity index (χ0n) is 13.7. The summed E-state index contributed by atoms with van der Waals surface area (Å²) in [7, 11) is 0. The van der Waals surface area contributed by atoms with Gasteiger partial charge in [-0.3, -0.25) is 14.7 Å². The molecular formula is C17H27N3O2. The number of amides is 1. The lowest BCUT2D eigenvalue weighted by atomic mass is 10.1. The molecule has 2 heterocycles. The maximum atomic E-state index is 11.9. The third-order valence-electron chi connectivity index (χ3n) is 4.11. The number of carbonyl (C=O) groups excluding carboxylic acids is 1. The first-order valence-electron chi connectivity index (χ1n) is 8.16. The van der Waals surface area contributed by atoms with Crippen molar-refractivity contribution in [3.8, 4) is 0 Å². The summed E-state index contributed by atoms with van der Waals surface area (Å²) in [6.45, 7) is 8.38. The first-order valence-corrected chi connectivity index (χ1v) is 8.16. The van der Waals surface area contributed by atoms with Crippen LogP contribution >= 0.6 is 0 Å². The van der Waals surface area contributed by atoms with Gasteiger partial charge < -0.3 is 10.1 Å². The van der Waals surface area contributed by atoms with Crippen molar-refractivity contribution in [2.24, 2.45) is 0 Å². The van der Waals surface area contributed by atoms with Crippen LogP contribution in [0.15, 0.2) is 18.2 Å². The third kappa shape index (κ3) is 5.73. The predicted octanol–water partition coefficient (Wildman–Crippen LogP) is 1.55.